The van der Waals surface area contributed by atoms with Crippen LogP contribution >= 0.6 is 12.6 Å². The molecule has 0 spiro atoms. The van der Waals surface area contributed by atoms with E-state index in [-0.39, 0.29) is 10.7 Å². The zero-order valence-corrected chi connectivity index (χ0v) is 7.23. The van der Waals surface area contributed by atoms with Gasteiger partial charge in [0, 0.05) is 17.9 Å². The van der Waals surface area contributed by atoms with Crippen molar-refractivity contribution in [1.29, 1.82) is 0 Å². The van der Waals surface area contributed by atoms with Gasteiger partial charge >= 0.3 is 0 Å². The van der Waals surface area contributed by atoms with Gasteiger partial charge in [-0.15, -0.1) is 12.6 Å². The molecule has 1 aromatic carbocycles. The molecular formula is C8H6FNOS. The van der Waals surface area contributed by atoms with Gasteiger partial charge in [-0.05, 0) is 6.07 Å². The van der Waals surface area contributed by atoms with Crippen LogP contribution in [0.25, 0.3) is 11.1 Å². The third kappa shape index (κ3) is 1.08. The monoisotopic (exact) mass is 183 g/mol. The molecular weight excluding hydrogens is 177 g/mol. The lowest BCUT2D eigenvalue weighted by Crippen LogP contribution is -1.77. The zero-order chi connectivity index (χ0) is 8.72. The maximum Gasteiger partial charge on any atom is 0.192 e. The first-order chi connectivity index (χ1) is 5.66. The van der Waals surface area contributed by atoms with Crippen LogP contribution in [-0.4, -0.2) is 4.98 Å². The molecule has 0 aliphatic rings. The molecule has 0 saturated heterocycles. The van der Waals surface area contributed by atoms with E-state index in [1.54, 1.807) is 6.92 Å². The molecule has 0 fully saturated rings. The fourth-order valence-corrected chi connectivity index (χ4v) is 1.23. The van der Waals surface area contributed by atoms with Crippen LogP contribution in [0, 0.1) is 12.7 Å². The van der Waals surface area contributed by atoms with Crippen LogP contribution in [0.1, 0.15) is 5.89 Å². The van der Waals surface area contributed by atoms with Crippen molar-refractivity contribution in [2.45, 2.75) is 11.8 Å². The van der Waals surface area contributed by atoms with Gasteiger partial charge in [-0.2, -0.15) is 0 Å². The highest BCUT2D eigenvalue weighted by Crippen LogP contribution is 2.21. The van der Waals surface area contributed by atoms with E-state index in [9.17, 15) is 4.39 Å². The molecule has 1 heterocycles. The molecule has 4 heteroatoms. The molecule has 0 atom stereocenters. The quantitative estimate of drug-likeness (QED) is 0.635. The van der Waals surface area contributed by atoms with Crippen LogP contribution in [0.2, 0.25) is 0 Å². The maximum atomic E-state index is 12.9. The number of fused-ring (bicyclic) bond motifs is 1. The number of halogens is 1. The summed E-state index contributed by atoms with van der Waals surface area (Å²) in [5.74, 6) is 0.155. The van der Waals surface area contributed by atoms with Gasteiger partial charge in [-0.25, -0.2) is 9.37 Å². The molecule has 2 rings (SSSR count). The summed E-state index contributed by atoms with van der Waals surface area (Å²) in [6.07, 6.45) is 0. The minimum Gasteiger partial charge on any atom is -0.441 e. The second-order valence-electron chi connectivity index (χ2n) is 2.50. The lowest BCUT2D eigenvalue weighted by atomic mass is 10.3. The van der Waals surface area contributed by atoms with E-state index in [0.29, 0.717) is 17.0 Å². The van der Waals surface area contributed by atoms with Crippen molar-refractivity contribution in [3.63, 3.8) is 0 Å². The van der Waals surface area contributed by atoms with E-state index in [2.05, 4.69) is 17.6 Å². The molecule has 1 aromatic heterocycles. The number of rotatable bonds is 0. The molecule has 0 radical (unpaired) electrons. The van der Waals surface area contributed by atoms with E-state index in [4.69, 9.17) is 4.42 Å². The second-order valence-corrected chi connectivity index (χ2v) is 2.99. The van der Waals surface area contributed by atoms with Gasteiger partial charge in [0.15, 0.2) is 11.5 Å². The van der Waals surface area contributed by atoms with Crippen LogP contribution in [0.5, 0.6) is 0 Å². The van der Waals surface area contributed by atoms with E-state index in [1.807, 2.05) is 0 Å². The van der Waals surface area contributed by atoms with Gasteiger partial charge in [0.2, 0.25) is 0 Å². The fraction of sp³-hybridized carbons (Fsp3) is 0.125. The minimum atomic E-state index is -0.376. The molecule has 0 unspecified atom stereocenters. The number of benzene rings is 1. The van der Waals surface area contributed by atoms with Gasteiger partial charge < -0.3 is 4.42 Å². The highest BCUT2D eigenvalue weighted by Gasteiger charge is 2.06. The zero-order valence-electron chi connectivity index (χ0n) is 6.34. The summed E-state index contributed by atoms with van der Waals surface area (Å²) in [6, 6.07) is 2.84. The molecule has 12 heavy (non-hydrogen) atoms. The van der Waals surface area contributed by atoms with E-state index < -0.39 is 0 Å². The molecule has 0 amide bonds. The number of aromatic nitrogens is 1. The summed E-state index contributed by atoms with van der Waals surface area (Å²) in [6.45, 7) is 1.72. The van der Waals surface area contributed by atoms with Crippen molar-refractivity contribution in [3.8, 4) is 0 Å². The Bertz CT molecular complexity index is 399. The number of hydrogen-bond donors (Lipinski definition) is 1. The molecule has 62 valence electrons. The van der Waals surface area contributed by atoms with Crippen LogP contribution in [-0.2, 0) is 0 Å². The standard InChI is InChI=1S/C8H6FNOS/c1-4-10-6-2-5(9)8(12)3-7(6)11-4/h2-3,12H,1H3. The average Bonchev–Trinajstić information content (AvgIpc) is 2.30. The lowest BCUT2D eigenvalue weighted by Gasteiger charge is -1.91. The van der Waals surface area contributed by atoms with Crippen LogP contribution in [0.15, 0.2) is 21.4 Å². The number of aryl methyl sites for hydroxylation is 1. The third-order valence-electron chi connectivity index (χ3n) is 1.56. The first-order valence-corrected chi connectivity index (χ1v) is 3.87. The van der Waals surface area contributed by atoms with Gasteiger partial charge in [0.1, 0.15) is 11.3 Å². The summed E-state index contributed by atoms with van der Waals surface area (Å²) in [4.78, 5) is 4.25. The normalized spacial score (nSPS) is 10.9. The SMILES string of the molecule is Cc1nc2cc(F)c(S)cc2o1. The highest BCUT2D eigenvalue weighted by molar-refractivity contribution is 7.80. The molecule has 2 nitrogen and oxygen atoms in total. The Labute approximate surface area is 73.8 Å². The Morgan fingerprint density at radius 2 is 2.25 bits per heavy atom. The van der Waals surface area contributed by atoms with E-state index in [0.717, 1.165) is 0 Å². The van der Waals surface area contributed by atoms with Crippen LogP contribution < -0.4 is 0 Å². The Morgan fingerprint density at radius 3 is 3.00 bits per heavy atom. The Morgan fingerprint density at radius 1 is 1.50 bits per heavy atom. The van der Waals surface area contributed by atoms with Crippen molar-refractivity contribution in [1.82, 2.24) is 4.98 Å². The van der Waals surface area contributed by atoms with Crippen LogP contribution in [0.3, 0.4) is 0 Å². The average molecular weight is 183 g/mol. The minimum absolute atomic E-state index is 0.277. The Kier molecular flexibility index (Phi) is 1.58. The number of hydrogen-bond acceptors (Lipinski definition) is 3. The Balaban J connectivity index is 2.83. The summed E-state index contributed by atoms with van der Waals surface area (Å²) >= 11 is 3.92. The number of oxazole rings is 1. The third-order valence-corrected chi connectivity index (χ3v) is 1.91. The van der Waals surface area contributed by atoms with Crippen molar-refractivity contribution < 1.29 is 8.81 Å². The maximum absolute atomic E-state index is 12.9. The summed E-state index contributed by atoms with van der Waals surface area (Å²) in [5.41, 5.74) is 1.10. The molecule has 0 N–H and O–H groups in total. The number of thiol groups is 1. The van der Waals surface area contributed by atoms with Gasteiger partial charge in [-0.1, -0.05) is 0 Å². The molecule has 0 aliphatic heterocycles. The van der Waals surface area contributed by atoms with E-state index in [1.165, 1.54) is 12.1 Å². The van der Waals surface area contributed by atoms with Crippen molar-refractivity contribution >= 4 is 23.7 Å². The van der Waals surface area contributed by atoms with Gasteiger partial charge in [0.25, 0.3) is 0 Å². The number of nitrogens with zero attached hydrogens (tertiary/aromatic N) is 1. The van der Waals surface area contributed by atoms with Crippen molar-refractivity contribution in [2.24, 2.45) is 0 Å². The first-order valence-electron chi connectivity index (χ1n) is 3.42. The van der Waals surface area contributed by atoms with Crippen molar-refractivity contribution in [2.75, 3.05) is 0 Å². The predicted molar refractivity (Wildman–Crippen MR) is 46.0 cm³/mol. The topological polar surface area (TPSA) is 26.0 Å². The molecule has 0 bridgehead atoms. The summed E-state index contributed by atoms with van der Waals surface area (Å²) in [7, 11) is 0. The van der Waals surface area contributed by atoms with E-state index >= 15 is 0 Å². The fourth-order valence-electron chi connectivity index (χ4n) is 1.05. The second kappa shape index (κ2) is 2.48. The first kappa shape index (κ1) is 7.61. The van der Waals surface area contributed by atoms with Gasteiger partial charge in [-0.3, -0.25) is 0 Å². The molecule has 0 saturated carbocycles. The summed E-state index contributed by atoms with van der Waals surface area (Å²) in [5, 5.41) is 0. The molecule has 2 aromatic rings. The van der Waals surface area contributed by atoms with Crippen LogP contribution in [0.4, 0.5) is 4.39 Å². The predicted octanol–water partition coefficient (Wildman–Crippen LogP) is 2.56. The van der Waals surface area contributed by atoms with Crippen molar-refractivity contribution in [3.05, 3.63) is 23.8 Å². The molecule has 0 aliphatic carbocycles. The lowest BCUT2D eigenvalue weighted by molar-refractivity contribution is 0.558. The Hall–Kier alpha value is -1.03. The smallest absolute Gasteiger partial charge is 0.192 e. The highest BCUT2D eigenvalue weighted by atomic mass is 32.1. The van der Waals surface area contributed by atoms with Gasteiger partial charge in [0.05, 0.1) is 0 Å². The largest absolute Gasteiger partial charge is 0.441 e. The summed E-state index contributed by atoms with van der Waals surface area (Å²) < 4.78 is 18.1.